The van der Waals surface area contributed by atoms with Gasteiger partial charge in [-0.3, -0.25) is 14.5 Å². The molecule has 0 saturated carbocycles. The number of aromatic amines is 1. The van der Waals surface area contributed by atoms with E-state index in [0.29, 0.717) is 37.7 Å². The fraction of sp³-hybridized carbons (Fsp3) is 0.333. The Morgan fingerprint density at radius 1 is 1.18 bits per heavy atom. The summed E-state index contributed by atoms with van der Waals surface area (Å²) in [4.78, 5) is 37.0. The molecule has 234 valence electrons. The molecule has 0 atom stereocenters. The molecule has 1 fully saturated rings. The predicted octanol–water partition coefficient (Wildman–Crippen LogP) is 2.00. The van der Waals surface area contributed by atoms with Crippen molar-refractivity contribution in [2.24, 2.45) is 5.14 Å². The first-order valence-electron chi connectivity index (χ1n) is 13.3. The van der Waals surface area contributed by atoms with Crippen LogP contribution in [0, 0.1) is 0 Å². The van der Waals surface area contributed by atoms with Gasteiger partial charge in [0.25, 0.3) is 5.56 Å². The zero-order valence-corrected chi connectivity index (χ0v) is 26.4. The maximum Gasteiger partial charge on any atom is 0.264 e. The van der Waals surface area contributed by atoms with E-state index < -0.39 is 15.6 Å². The van der Waals surface area contributed by atoms with Crippen molar-refractivity contribution in [1.29, 1.82) is 0 Å². The molecular weight excluding hydrogens is 635 g/mol. The minimum Gasteiger partial charge on any atom is -0.495 e. The maximum atomic E-state index is 13.4. The van der Waals surface area contributed by atoms with Gasteiger partial charge in [0.15, 0.2) is 11.5 Å². The number of amides is 1. The number of sulfonamides is 1. The Hall–Kier alpha value is -3.73. The van der Waals surface area contributed by atoms with Crippen molar-refractivity contribution in [3.63, 3.8) is 0 Å². The van der Waals surface area contributed by atoms with Crippen LogP contribution < -0.4 is 25.7 Å². The summed E-state index contributed by atoms with van der Waals surface area (Å²) < 4.78 is 35.9. The molecule has 1 aliphatic heterocycles. The lowest BCUT2D eigenvalue weighted by molar-refractivity contribution is -0.118. The zero-order valence-electron chi connectivity index (χ0n) is 24.1. The third-order valence-corrected chi connectivity index (χ3v) is 8.37. The number of carbonyl (C=O) groups is 1. The van der Waals surface area contributed by atoms with Crippen molar-refractivity contribution in [2.75, 3.05) is 64.3 Å². The maximum absolute atomic E-state index is 13.4. The molecular formula is C27H30Cl2N8O6S. The van der Waals surface area contributed by atoms with Crippen LogP contribution in [0.25, 0.3) is 16.7 Å². The molecule has 2 aromatic heterocycles. The summed E-state index contributed by atoms with van der Waals surface area (Å²) >= 11 is 12.9. The van der Waals surface area contributed by atoms with Gasteiger partial charge in [-0.2, -0.15) is 0 Å². The number of H-pyrrole nitrogens is 1. The molecule has 4 aromatic rings. The van der Waals surface area contributed by atoms with Crippen LogP contribution in [0.1, 0.15) is 11.4 Å². The van der Waals surface area contributed by atoms with Gasteiger partial charge in [0, 0.05) is 33.6 Å². The molecule has 0 radical (unpaired) electrons. The van der Waals surface area contributed by atoms with Gasteiger partial charge in [0.05, 0.1) is 47.5 Å². The first-order chi connectivity index (χ1) is 20.8. The highest BCUT2D eigenvalue weighted by Gasteiger charge is 2.24. The van der Waals surface area contributed by atoms with Gasteiger partial charge >= 0.3 is 0 Å². The van der Waals surface area contributed by atoms with E-state index in [2.05, 4.69) is 15.4 Å². The highest BCUT2D eigenvalue weighted by atomic mass is 35.5. The number of rotatable bonds is 9. The average Bonchev–Trinajstić information content (AvgIpc) is 3.33. The Balaban J connectivity index is 1.52. The second kappa shape index (κ2) is 12.7. The van der Waals surface area contributed by atoms with Crippen LogP contribution in [-0.2, 0) is 26.0 Å². The highest BCUT2D eigenvalue weighted by Crippen LogP contribution is 2.35. The van der Waals surface area contributed by atoms with E-state index >= 15 is 0 Å². The molecule has 4 N–H and O–H groups in total. The summed E-state index contributed by atoms with van der Waals surface area (Å²) in [5, 5.41) is 12.8. The van der Waals surface area contributed by atoms with E-state index in [1.54, 1.807) is 37.2 Å². The number of benzene rings is 2. The van der Waals surface area contributed by atoms with Gasteiger partial charge in [-0.15, -0.1) is 5.10 Å². The molecule has 0 aliphatic carbocycles. The fourth-order valence-electron chi connectivity index (χ4n) is 4.82. The summed E-state index contributed by atoms with van der Waals surface area (Å²) in [6.45, 7) is 2.71. The van der Waals surface area contributed by atoms with Crippen LogP contribution in [0.4, 0.5) is 11.5 Å². The quantitative estimate of drug-likeness (QED) is 0.240. The second-order valence-corrected chi connectivity index (χ2v) is 12.6. The van der Waals surface area contributed by atoms with Crippen LogP contribution in [0.5, 0.6) is 5.75 Å². The number of ether oxygens (including phenoxy) is 2. The average molecular weight is 666 g/mol. The van der Waals surface area contributed by atoms with Crippen LogP contribution in [0.3, 0.4) is 0 Å². The number of morpholine rings is 1. The smallest absolute Gasteiger partial charge is 0.264 e. The van der Waals surface area contributed by atoms with Gasteiger partial charge in [0.2, 0.25) is 15.9 Å². The standard InChI is InChI=1S/C27H30Cl2N8O6S/c1-35(2)26-23-25(37(34-26)24-17(28)12-16(13-18(24)29)44(30,40)41)32-21(33-27(23)39)11-15-4-5-20(42-3)19(10-15)31-22(38)14-36-6-8-43-9-7-36/h4-5,10,12-13H,6-9,11,14H2,1-3H3,(H,31,38)(H2,30,40,41)(H,32,33,39). The van der Waals surface area contributed by atoms with Crippen molar-refractivity contribution >= 4 is 61.7 Å². The van der Waals surface area contributed by atoms with Crippen molar-refractivity contribution in [2.45, 2.75) is 11.3 Å². The van der Waals surface area contributed by atoms with Crippen molar-refractivity contribution in [1.82, 2.24) is 24.6 Å². The van der Waals surface area contributed by atoms with Gasteiger partial charge < -0.3 is 24.7 Å². The highest BCUT2D eigenvalue weighted by molar-refractivity contribution is 7.89. The third kappa shape index (κ3) is 6.67. The number of nitrogens with one attached hydrogen (secondary N) is 2. The topological polar surface area (TPSA) is 178 Å². The number of nitrogens with two attached hydrogens (primary N) is 1. The molecule has 1 saturated heterocycles. The lowest BCUT2D eigenvalue weighted by atomic mass is 10.1. The summed E-state index contributed by atoms with van der Waals surface area (Å²) in [5.74, 6) is 0.857. The first kappa shape index (κ1) is 31.7. The first-order valence-corrected chi connectivity index (χ1v) is 15.6. The zero-order chi connectivity index (χ0) is 31.8. The lowest BCUT2D eigenvalue weighted by Gasteiger charge is -2.26. The number of anilines is 2. The van der Waals surface area contributed by atoms with Crippen molar-refractivity contribution in [3.8, 4) is 11.4 Å². The van der Waals surface area contributed by atoms with Gasteiger partial charge in [-0.1, -0.05) is 29.3 Å². The molecule has 5 rings (SSSR count). The number of halogens is 2. The molecule has 44 heavy (non-hydrogen) atoms. The Kier molecular flexibility index (Phi) is 9.15. The minimum absolute atomic E-state index is 0.0625. The van der Waals surface area contributed by atoms with E-state index in [0.717, 1.165) is 17.7 Å². The monoisotopic (exact) mass is 664 g/mol. The van der Waals surface area contributed by atoms with Crippen LogP contribution >= 0.6 is 23.2 Å². The normalized spacial score (nSPS) is 14.1. The summed E-state index contributed by atoms with van der Waals surface area (Å²) in [7, 11) is 0.834. The van der Waals surface area contributed by atoms with Gasteiger partial charge in [-0.05, 0) is 29.8 Å². The Bertz CT molecular complexity index is 1880. The molecule has 17 heteroatoms. The SMILES string of the molecule is COc1ccc(Cc2nc3c(c(N(C)C)nn3-c3c(Cl)cc(S(N)(=O)=O)cc3Cl)c(=O)[nH]2)cc1NC(=O)CN1CCOCC1. The molecule has 0 unspecified atom stereocenters. The molecule has 0 bridgehead atoms. The van der Waals surface area contributed by atoms with Crippen LogP contribution in [-0.4, -0.2) is 93.0 Å². The molecule has 1 aliphatic rings. The number of fused-ring (bicyclic) bond motifs is 1. The third-order valence-electron chi connectivity index (χ3n) is 6.90. The fourth-order valence-corrected chi connectivity index (χ4v) is 6.16. The van der Waals surface area contributed by atoms with E-state index in [1.165, 1.54) is 11.8 Å². The number of primary sulfonamides is 1. The van der Waals surface area contributed by atoms with E-state index in [4.69, 9.17) is 42.8 Å². The molecule has 3 heterocycles. The summed E-state index contributed by atoms with van der Waals surface area (Å²) in [6.07, 6.45) is 0.176. The van der Waals surface area contributed by atoms with Crippen LogP contribution in [0.15, 0.2) is 40.0 Å². The Morgan fingerprint density at radius 2 is 1.86 bits per heavy atom. The second-order valence-electron chi connectivity index (χ2n) is 10.3. The lowest BCUT2D eigenvalue weighted by Crippen LogP contribution is -2.41. The Morgan fingerprint density at radius 3 is 2.48 bits per heavy atom. The van der Waals surface area contributed by atoms with E-state index in [-0.39, 0.29) is 62.2 Å². The summed E-state index contributed by atoms with van der Waals surface area (Å²) in [5.41, 5.74) is 1.01. The van der Waals surface area contributed by atoms with Gasteiger partial charge in [0.1, 0.15) is 22.6 Å². The number of hydrogen-bond donors (Lipinski definition) is 3. The largest absolute Gasteiger partial charge is 0.495 e. The number of methoxy groups -OCH3 is 1. The molecule has 1 amide bonds. The molecule has 2 aromatic carbocycles. The molecule has 0 spiro atoms. The Labute approximate surface area is 262 Å². The summed E-state index contributed by atoms with van der Waals surface area (Å²) in [6, 6.07) is 7.57. The minimum atomic E-state index is -4.09. The van der Waals surface area contributed by atoms with Crippen molar-refractivity contribution in [3.05, 3.63) is 62.1 Å². The number of aromatic nitrogens is 4. The van der Waals surface area contributed by atoms with E-state index in [9.17, 15) is 18.0 Å². The number of carbonyl (C=O) groups excluding carboxylic acids is 1. The molecule has 14 nitrogen and oxygen atoms in total. The predicted molar refractivity (Wildman–Crippen MR) is 167 cm³/mol. The van der Waals surface area contributed by atoms with Gasteiger partial charge in [-0.25, -0.2) is 23.2 Å². The number of nitrogens with zero attached hydrogens (tertiary/aromatic N) is 5. The van der Waals surface area contributed by atoms with Crippen molar-refractivity contribution < 1.29 is 22.7 Å². The van der Waals surface area contributed by atoms with Crippen LogP contribution in [0.2, 0.25) is 10.0 Å². The van der Waals surface area contributed by atoms with E-state index in [1.807, 2.05) is 4.90 Å². The number of hydrogen-bond acceptors (Lipinski definition) is 10.